The Morgan fingerprint density at radius 1 is 0.536 bits per heavy atom. The molecule has 164 valence electrons. The Morgan fingerprint density at radius 3 is 1.14 bits per heavy atom. The fraction of sp³-hybridized carbons (Fsp3) is 1.00. The Morgan fingerprint density at radius 2 is 0.857 bits per heavy atom. The zero-order valence-corrected chi connectivity index (χ0v) is 15.3. The van der Waals surface area contributed by atoms with Crippen LogP contribution in [0.5, 0.6) is 0 Å². The second kappa shape index (κ2) is 9.12. The molecule has 3 aliphatic heterocycles. The van der Waals surface area contributed by atoms with Crippen molar-refractivity contribution in [2.75, 3.05) is 39.4 Å². The first-order valence-electron chi connectivity index (χ1n) is 9.39. The summed E-state index contributed by atoms with van der Waals surface area (Å²) >= 11 is 0. The van der Waals surface area contributed by atoms with E-state index in [1.807, 2.05) is 0 Å². The molecule has 3 rings (SSSR count). The van der Waals surface area contributed by atoms with Gasteiger partial charge in [0.2, 0.25) is 0 Å². The Hall–Kier alpha value is -0.480. The molecule has 3 aliphatic rings. The lowest BCUT2D eigenvalue weighted by Crippen LogP contribution is -2.68. The minimum Gasteiger partial charge on any atom is -0.394 e. The van der Waals surface area contributed by atoms with Crippen LogP contribution in [0.3, 0.4) is 0 Å². The molecule has 0 unspecified atom stereocenters. The summed E-state index contributed by atoms with van der Waals surface area (Å²) in [5.74, 6) is 0. The van der Waals surface area contributed by atoms with Gasteiger partial charge in [0.15, 0.2) is 0 Å². The van der Waals surface area contributed by atoms with Crippen LogP contribution in [0.4, 0.5) is 0 Å². The molecule has 0 aromatic carbocycles. The van der Waals surface area contributed by atoms with Crippen LogP contribution in [0.2, 0.25) is 0 Å². The molecule has 12 nitrogen and oxygen atoms in total. The van der Waals surface area contributed by atoms with E-state index in [1.54, 1.807) is 9.80 Å². The van der Waals surface area contributed by atoms with E-state index in [9.17, 15) is 40.9 Å². The van der Waals surface area contributed by atoms with Gasteiger partial charge in [-0.1, -0.05) is 0 Å². The highest BCUT2D eigenvalue weighted by Gasteiger charge is 2.48. The molecule has 0 aromatic rings. The van der Waals surface area contributed by atoms with Gasteiger partial charge in [-0.15, -0.1) is 0 Å². The molecule has 0 aromatic heterocycles. The monoisotopic (exact) mass is 410 g/mol. The highest BCUT2D eigenvalue weighted by atomic mass is 16.6. The van der Waals surface area contributed by atoms with Gasteiger partial charge >= 0.3 is 0 Å². The maximum absolute atomic E-state index is 10.2. The summed E-state index contributed by atoms with van der Waals surface area (Å²) in [6.45, 7) is 0.364. The number of aliphatic hydroxyl groups excluding tert-OH is 8. The molecule has 10 atom stereocenters. The predicted molar refractivity (Wildman–Crippen MR) is 90.7 cm³/mol. The fourth-order valence-corrected chi connectivity index (χ4v) is 4.01. The Bertz CT molecular complexity index is 460. The number of piperazine rings is 1. The zero-order valence-electron chi connectivity index (χ0n) is 15.3. The van der Waals surface area contributed by atoms with Crippen molar-refractivity contribution in [2.45, 2.75) is 61.3 Å². The molecule has 8 N–H and O–H groups in total. The van der Waals surface area contributed by atoms with Crippen molar-refractivity contribution < 1.29 is 50.3 Å². The van der Waals surface area contributed by atoms with Crippen LogP contribution in [0.25, 0.3) is 0 Å². The molecule has 0 saturated carbocycles. The van der Waals surface area contributed by atoms with Gasteiger partial charge in [0.05, 0.1) is 13.2 Å². The average Bonchev–Trinajstić information content (AvgIpc) is 2.71. The highest BCUT2D eigenvalue weighted by Crippen LogP contribution is 2.27. The van der Waals surface area contributed by atoms with E-state index in [1.165, 1.54) is 0 Å². The SMILES string of the molecule is OC[C@@H]1O[C@@H](N2CCN([C@H]3O[C@@H](CO)[C@@H](O)[C@@H](O)[C@H]3O)CC2)[C@@H](O)[C@H](O)[C@@H]1O. The molecule has 0 spiro atoms. The van der Waals surface area contributed by atoms with Crippen LogP contribution in [0.1, 0.15) is 0 Å². The summed E-state index contributed by atoms with van der Waals surface area (Å²) in [5.41, 5.74) is 0. The van der Waals surface area contributed by atoms with E-state index in [0.29, 0.717) is 26.2 Å². The molecule has 0 amide bonds. The second-order valence-corrected chi connectivity index (χ2v) is 7.51. The lowest BCUT2D eigenvalue weighted by atomic mass is 9.96. The summed E-state index contributed by atoms with van der Waals surface area (Å²) in [7, 11) is 0. The van der Waals surface area contributed by atoms with Crippen molar-refractivity contribution in [1.29, 1.82) is 0 Å². The van der Waals surface area contributed by atoms with E-state index in [-0.39, 0.29) is 0 Å². The number of hydrogen-bond donors (Lipinski definition) is 8. The minimum absolute atomic E-state index is 0.345. The molecule has 3 fully saturated rings. The first kappa shape index (κ1) is 22.2. The maximum Gasteiger partial charge on any atom is 0.140 e. The molecule has 3 heterocycles. The zero-order chi connectivity index (χ0) is 20.6. The van der Waals surface area contributed by atoms with E-state index in [4.69, 9.17) is 9.47 Å². The van der Waals surface area contributed by atoms with Crippen LogP contribution in [-0.2, 0) is 9.47 Å². The van der Waals surface area contributed by atoms with Crippen molar-refractivity contribution in [1.82, 2.24) is 9.80 Å². The largest absolute Gasteiger partial charge is 0.394 e. The summed E-state index contributed by atoms with van der Waals surface area (Å²) in [6.07, 6.45) is -12.3. The van der Waals surface area contributed by atoms with Gasteiger partial charge in [-0.2, -0.15) is 0 Å². The van der Waals surface area contributed by atoms with Crippen LogP contribution in [0, 0.1) is 0 Å². The molecule has 0 aliphatic carbocycles. The number of ether oxygens (including phenoxy) is 2. The maximum atomic E-state index is 10.2. The molecular formula is C16H30N2O10. The molecule has 0 radical (unpaired) electrons. The second-order valence-electron chi connectivity index (χ2n) is 7.51. The predicted octanol–water partition coefficient (Wildman–Crippen LogP) is -5.80. The van der Waals surface area contributed by atoms with Crippen molar-refractivity contribution in [3.05, 3.63) is 0 Å². The van der Waals surface area contributed by atoms with Gasteiger partial charge in [-0.25, -0.2) is 0 Å². The molecular weight excluding hydrogens is 380 g/mol. The average molecular weight is 410 g/mol. The van der Waals surface area contributed by atoms with E-state index in [2.05, 4.69) is 0 Å². The van der Waals surface area contributed by atoms with Crippen LogP contribution in [0.15, 0.2) is 0 Å². The number of aliphatic hydroxyl groups is 8. The van der Waals surface area contributed by atoms with Crippen molar-refractivity contribution >= 4 is 0 Å². The fourth-order valence-electron chi connectivity index (χ4n) is 4.01. The van der Waals surface area contributed by atoms with Crippen LogP contribution < -0.4 is 0 Å². The number of nitrogens with zero attached hydrogens (tertiary/aromatic N) is 2. The normalized spacial score (nSPS) is 49.3. The van der Waals surface area contributed by atoms with E-state index in [0.717, 1.165) is 0 Å². The Labute approximate surface area is 161 Å². The summed E-state index contributed by atoms with van der Waals surface area (Å²) in [4.78, 5) is 3.48. The lowest BCUT2D eigenvalue weighted by Gasteiger charge is -2.50. The molecule has 28 heavy (non-hydrogen) atoms. The lowest BCUT2D eigenvalue weighted by molar-refractivity contribution is -0.283. The molecule has 0 bridgehead atoms. The quantitative estimate of drug-likeness (QED) is 0.220. The first-order chi connectivity index (χ1) is 13.3. The van der Waals surface area contributed by atoms with Crippen LogP contribution >= 0.6 is 0 Å². The third kappa shape index (κ3) is 4.05. The van der Waals surface area contributed by atoms with Gasteiger partial charge in [0, 0.05) is 26.2 Å². The van der Waals surface area contributed by atoms with Crippen LogP contribution in [-0.4, -0.2) is 151 Å². The third-order valence-electron chi connectivity index (χ3n) is 5.80. The topological polar surface area (TPSA) is 187 Å². The van der Waals surface area contributed by atoms with Crippen molar-refractivity contribution in [2.24, 2.45) is 0 Å². The number of hydrogen-bond acceptors (Lipinski definition) is 12. The van der Waals surface area contributed by atoms with Crippen molar-refractivity contribution in [3.63, 3.8) is 0 Å². The molecule has 3 saturated heterocycles. The highest BCUT2D eigenvalue weighted by molar-refractivity contribution is 4.95. The molecule has 12 heteroatoms. The van der Waals surface area contributed by atoms with Gasteiger partial charge in [-0.3, -0.25) is 9.80 Å². The van der Waals surface area contributed by atoms with E-state index < -0.39 is 74.5 Å². The minimum atomic E-state index is -1.46. The van der Waals surface area contributed by atoms with Gasteiger partial charge in [0.1, 0.15) is 61.3 Å². The summed E-state index contributed by atoms with van der Waals surface area (Å²) in [5, 5.41) is 78.7. The summed E-state index contributed by atoms with van der Waals surface area (Å²) < 4.78 is 11.1. The standard InChI is InChI=1S/C16H30N2O10/c19-5-7-9(21)11(23)13(25)15(27-7)17-1-2-18(4-3-17)16-14(26)12(24)10(22)8(6-20)28-16/h7-16,19-26H,1-6H2/t7-,8-,9+,10+,11+,12+,13-,14+,15+,16-/m0/s1. The third-order valence-corrected chi connectivity index (χ3v) is 5.80. The summed E-state index contributed by atoms with van der Waals surface area (Å²) in [6, 6.07) is 0. The van der Waals surface area contributed by atoms with Gasteiger partial charge < -0.3 is 50.3 Å². The first-order valence-corrected chi connectivity index (χ1v) is 9.39. The smallest absolute Gasteiger partial charge is 0.140 e. The number of rotatable bonds is 4. The van der Waals surface area contributed by atoms with Crippen molar-refractivity contribution in [3.8, 4) is 0 Å². The van der Waals surface area contributed by atoms with Gasteiger partial charge in [-0.05, 0) is 0 Å². The van der Waals surface area contributed by atoms with E-state index >= 15 is 0 Å². The Balaban J connectivity index is 1.61. The van der Waals surface area contributed by atoms with Gasteiger partial charge in [0.25, 0.3) is 0 Å². The Kier molecular flexibility index (Phi) is 7.23.